The zero-order valence-electron chi connectivity index (χ0n) is 14.5. The largest absolute Gasteiger partial charge is 0.322 e. The number of amides is 1. The van der Waals surface area contributed by atoms with Gasteiger partial charge in [0, 0.05) is 21.3 Å². The highest BCUT2D eigenvalue weighted by molar-refractivity contribution is 9.10. The summed E-state index contributed by atoms with van der Waals surface area (Å²) in [5, 5.41) is 2.85. The van der Waals surface area contributed by atoms with Gasteiger partial charge < -0.3 is 5.32 Å². The van der Waals surface area contributed by atoms with Gasteiger partial charge in [-0.25, -0.2) is 0 Å². The van der Waals surface area contributed by atoms with Crippen molar-refractivity contribution < 1.29 is 9.59 Å². The fourth-order valence-electron chi connectivity index (χ4n) is 2.73. The van der Waals surface area contributed by atoms with E-state index in [-0.39, 0.29) is 11.7 Å². The summed E-state index contributed by atoms with van der Waals surface area (Å²) in [7, 11) is 0. The smallest absolute Gasteiger partial charge is 0.256 e. The first-order valence-electron chi connectivity index (χ1n) is 8.24. The Morgan fingerprint density at radius 2 is 1.54 bits per heavy atom. The van der Waals surface area contributed by atoms with Gasteiger partial charge in [0.1, 0.15) is 0 Å². The number of halogens is 1. The molecule has 0 heterocycles. The van der Waals surface area contributed by atoms with Crippen LogP contribution in [0.15, 0.2) is 71.2 Å². The number of rotatable bonds is 4. The topological polar surface area (TPSA) is 46.2 Å². The minimum Gasteiger partial charge on any atom is -0.322 e. The van der Waals surface area contributed by atoms with Gasteiger partial charge in [-0.3, -0.25) is 9.59 Å². The van der Waals surface area contributed by atoms with Crippen molar-refractivity contribution in [1.82, 2.24) is 0 Å². The Hall–Kier alpha value is -2.72. The molecule has 3 aromatic rings. The predicted molar refractivity (Wildman–Crippen MR) is 108 cm³/mol. The van der Waals surface area contributed by atoms with E-state index >= 15 is 0 Å². The number of hydrogen-bond donors (Lipinski definition) is 1. The molecule has 0 fully saturated rings. The minimum atomic E-state index is -0.228. The highest BCUT2D eigenvalue weighted by atomic mass is 79.9. The quantitative estimate of drug-likeness (QED) is 0.576. The standard InChI is InChI=1S/C22H18BrNO2/c1-14-7-5-11-18(15(14)2)21(25)16-8-6-9-17(13-16)24-22(26)19-10-3-4-12-20(19)23/h3-13H,1-2H3,(H,24,26). The van der Waals surface area contributed by atoms with Crippen molar-refractivity contribution in [2.75, 3.05) is 5.32 Å². The van der Waals surface area contributed by atoms with E-state index in [1.54, 1.807) is 36.4 Å². The van der Waals surface area contributed by atoms with Crippen molar-refractivity contribution in [1.29, 1.82) is 0 Å². The minimum absolute atomic E-state index is 0.0526. The van der Waals surface area contributed by atoms with E-state index in [0.29, 0.717) is 22.4 Å². The van der Waals surface area contributed by atoms with E-state index in [0.717, 1.165) is 15.6 Å². The van der Waals surface area contributed by atoms with Crippen LogP contribution in [0.25, 0.3) is 0 Å². The Morgan fingerprint density at radius 1 is 0.846 bits per heavy atom. The molecule has 26 heavy (non-hydrogen) atoms. The van der Waals surface area contributed by atoms with Gasteiger partial charge in [0.15, 0.2) is 5.78 Å². The SMILES string of the molecule is Cc1cccc(C(=O)c2cccc(NC(=O)c3ccccc3Br)c2)c1C. The van der Waals surface area contributed by atoms with Crippen LogP contribution in [0.4, 0.5) is 5.69 Å². The molecule has 3 aromatic carbocycles. The summed E-state index contributed by atoms with van der Waals surface area (Å²) in [5.41, 5.74) is 4.40. The number of ketones is 1. The van der Waals surface area contributed by atoms with Crippen LogP contribution < -0.4 is 5.32 Å². The lowest BCUT2D eigenvalue weighted by Gasteiger charge is -2.10. The summed E-state index contributed by atoms with van der Waals surface area (Å²) >= 11 is 3.38. The summed E-state index contributed by atoms with van der Waals surface area (Å²) in [5.74, 6) is -0.281. The van der Waals surface area contributed by atoms with Gasteiger partial charge in [0.2, 0.25) is 0 Å². The van der Waals surface area contributed by atoms with Crippen LogP contribution >= 0.6 is 15.9 Å². The molecule has 0 spiro atoms. The molecule has 0 aliphatic heterocycles. The number of aryl methyl sites for hydroxylation is 1. The van der Waals surface area contributed by atoms with Crippen molar-refractivity contribution in [3.63, 3.8) is 0 Å². The Morgan fingerprint density at radius 3 is 2.31 bits per heavy atom. The molecule has 1 N–H and O–H groups in total. The molecule has 3 rings (SSSR count). The van der Waals surface area contributed by atoms with E-state index < -0.39 is 0 Å². The first-order chi connectivity index (χ1) is 12.5. The molecule has 0 bridgehead atoms. The van der Waals surface area contributed by atoms with E-state index in [2.05, 4.69) is 21.2 Å². The van der Waals surface area contributed by atoms with Crippen molar-refractivity contribution in [3.05, 3.63) is 99.0 Å². The molecule has 0 aliphatic carbocycles. The molecule has 0 unspecified atom stereocenters. The van der Waals surface area contributed by atoms with E-state index in [1.165, 1.54) is 0 Å². The molecular weight excluding hydrogens is 390 g/mol. The normalized spacial score (nSPS) is 10.4. The van der Waals surface area contributed by atoms with Gasteiger partial charge >= 0.3 is 0 Å². The third kappa shape index (κ3) is 3.75. The first kappa shape index (κ1) is 18.1. The van der Waals surface area contributed by atoms with Gasteiger partial charge in [-0.05, 0) is 65.2 Å². The third-order valence-corrected chi connectivity index (χ3v) is 5.04. The molecule has 0 atom stereocenters. The molecule has 0 aromatic heterocycles. The van der Waals surface area contributed by atoms with Crippen LogP contribution in [0.5, 0.6) is 0 Å². The fraction of sp³-hybridized carbons (Fsp3) is 0.0909. The molecule has 1 amide bonds. The molecule has 0 saturated heterocycles. The van der Waals surface area contributed by atoms with Crippen molar-refractivity contribution >= 4 is 33.3 Å². The van der Waals surface area contributed by atoms with Crippen LogP contribution in [0.1, 0.15) is 37.4 Å². The average molecular weight is 408 g/mol. The maximum Gasteiger partial charge on any atom is 0.256 e. The molecule has 0 saturated carbocycles. The number of carbonyl (C=O) groups excluding carboxylic acids is 2. The van der Waals surface area contributed by atoms with Crippen molar-refractivity contribution in [3.8, 4) is 0 Å². The summed E-state index contributed by atoms with van der Waals surface area (Å²) in [6, 6.07) is 19.9. The van der Waals surface area contributed by atoms with Crippen molar-refractivity contribution in [2.24, 2.45) is 0 Å². The van der Waals surface area contributed by atoms with Crippen LogP contribution in [0.3, 0.4) is 0 Å². The highest BCUT2D eigenvalue weighted by Crippen LogP contribution is 2.21. The number of carbonyl (C=O) groups is 2. The van der Waals surface area contributed by atoms with E-state index in [1.807, 2.05) is 44.2 Å². The Kier molecular flexibility index (Phi) is 5.33. The number of anilines is 1. The van der Waals surface area contributed by atoms with Gasteiger partial charge in [-0.2, -0.15) is 0 Å². The number of nitrogens with one attached hydrogen (secondary N) is 1. The van der Waals surface area contributed by atoms with E-state index in [9.17, 15) is 9.59 Å². The molecule has 130 valence electrons. The summed E-state index contributed by atoms with van der Waals surface area (Å²) < 4.78 is 0.722. The highest BCUT2D eigenvalue weighted by Gasteiger charge is 2.14. The Bertz CT molecular complexity index is 995. The lowest BCUT2D eigenvalue weighted by molar-refractivity contribution is 0.102. The third-order valence-electron chi connectivity index (χ3n) is 4.35. The van der Waals surface area contributed by atoms with Crippen LogP contribution in [0, 0.1) is 13.8 Å². The second-order valence-electron chi connectivity index (χ2n) is 6.09. The van der Waals surface area contributed by atoms with Gasteiger partial charge in [-0.15, -0.1) is 0 Å². The predicted octanol–water partition coefficient (Wildman–Crippen LogP) is 5.55. The summed E-state index contributed by atoms with van der Waals surface area (Å²) in [4.78, 5) is 25.3. The number of benzene rings is 3. The van der Waals surface area contributed by atoms with Crippen LogP contribution in [0.2, 0.25) is 0 Å². The molecule has 3 nitrogen and oxygen atoms in total. The Balaban J connectivity index is 1.87. The van der Waals surface area contributed by atoms with Gasteiger partial charge in [-0.1, -0.05) is 42.5 Å². The molecular formula is C22H18BrNO2. The van der Waals surface area contributed by atoms with Crippen LogP contribution in [-0.4, -0.2) is 11.7 Å². The molecule has 0 radical (unpaired) electrons. The zero-order chi connectivity index (χ0) is 18.7. The number of hydrogen-bond acceptors (Lipinski definition) is 2. The average Bonchev–Trinajstić information content (AvgIpc) is 2.64. The first-order valence-corrected chi connectivity index (χ1v) is 9.03. The lowest BCUT2D eigenvalue weighted by atomic mass is 9.96. The summed E-state index contributed by atoms with van der Waals surface area (Å²) in [6.45, 7) is 3.93. The lowest BCUT2D eigenvalue weighted by Crippen LogP contribution is -2.13. The summed E-state index contributed by atoms with van der Waals surface area (Å²) in [6.07, 6.45) is 0. The maximum absolute atomic E-state index is 12.9. The maximum atomic E-state index is 12.9. The van der Waals surface area contributed by atoms with Gasteiger partial charge in [0.05, 0.1) is 5.56 Å². The second-order valence-corrected chi connectivity index (χ2v) is 6.95. The molecule has 4 heteroatoms. The fourth-order valence-corrected chi connectivity index (χ4v) is 3.20. The molecule has 0 aliphatic rings. The monoisotopic (exact) mass is 407 g/mol. The van der Waals surface area contributed by atoms with Crippen molar-refractivity contribution in [2.45, 2.75) is 13.8 Å². The second kappa shape index (κ2) is 7.67. The Labute approximate surface area is 161 Å². The van der Waals surface area contributed by atoms with Gasteiger partial charge in [0.25, 0.3) is 5.91 Å². The van der Waals surface area contributed by atoms with Crippen LogP contribution in [-0.2, 0) is 0 Å². The van der Waals surface area contributed by atoms with E-state index in [4.69, 9.17) is 0 Å². The zero-order valence-corrected chi connectivity index (χ0v) is 16.1.